The van der Waals surface area contributed by atoms with Crippen molar-refractivity contribution in [3.8, 4) is 6.07 Å². The molecule has 2 aromatic carbocycles. The molecule has 3 rings (SSSR count). The van der Waals surface area contributed by atoms with Gasteiger partial charge in [0, 0.05) is 17.1 Å². The van der Waals surface area contributed by atoms with Crippen LogP contribution in [0.4, 0.5) is 10.1 Å². The predicted octanol–water partition coefficient (Wildman–Crippen LogP) is 3.00. The number of carbonyl (C=O) groups is 2. The number of benzene rings is 2. The zero-order valence-corrected chi connectivity index (χ0v) is 11.8. The molecule has 0 aliphatic rings. The fourth-order valence-corrected chi connectivity index (χ4v) is 2.27. The highest BCUT2D eigenvalue weighted by Gasteiger charge is 2.21. The van der Waals surface area contributed by atoms with Gasteiger partial charge in [0.15, 0.2) is 0 Å². The fourth-order valence-electron chi connectivity index (χ4n) is 2.27. The first-order valence-corrected chi connectivity index (χ1v) is 6.71. The number of nitriles is 1. The van der Waals surface area contributed by atoms with Gasteiger partial charge in [0.1, 0.15) is 11.9 Å². The van der Waals surface area contributed by atoms with E-state index >= 15 is 0 Å². The van der Waals surface area contributed by atoms with Crippen LogP contribution in [0.1, 0.15) is 15.9 Å². The molecular formula is C17H10FN3O2. The number of hydrogen-bond acceptors (Lipinski definition) is 3. The summed E-state index contributed by atoms with van der Waals surface area (Å²) in [4.78, 5) is 27.2. The van der Waals surface area contributed by atoms with E-state index in [9.17, 15) is 14.0 Å². The molecule has 0 saturated heterocycles. The van der Waals surface area contributed by atoms with Gasteiger partial charge in [-0.2, -0.15) is 5.26 Å². The first kappa shape index (κ1) is 14.5. The standard InChI is InChI=1S/C17H10FN3O2/c18-11-5-6-15-12(7-11)13(9-20-15)16(22)17(23)21-14-4-2-1-3-10(14)8-19/h1-7,9,20H,(H,21,23). The average Bonchev–Trinajstić information content (AvgIpc) is 2.97. The monoisotopic (exact) mass is 307 g/mol. The Hall–Kier alpha value is -3.46. The van der Waals surface area contributed by atoms with Crippen molar-refractivity contribution in [1.29, 1.82) is 5.26 Å². The lowest BCUT2D eigenvalue weighted by Gasteiger charge is -2.05. The van der Waals surface area contributed by atoms with Crippen molar-refractivity contribution in [2.24, 2.45) is 0 Å². The number of carbonyl (C=O) groups excluding carboxylic acids is 2. The van der Waals surface area contributed by atoms with Crippen LogP contribution in [0.15, 0.2) is 48.7 Å². The maximum atomic E-state index is 13.3. The topological polar surface area (TPSA) is 85.8 Å². The van der Waals surface area contributed by atoms with Gasteiger partial charge in [0.25, 0.3) is 11.7 Å². The highest BCUT2D eigenvalue weighted by Crippen LogP contribution is 2.21. The van der Waals surface area contributed by atoms with E-state index in [1.165, 1.54) is 36.5 Å². The van der Waals surface area contributed by atoms with E-state index in [0.717, 1.165) is 0 Å². The molecule has 0 spiro atoms. The van der Waals surface area contributed by atoms with Gasteiger partial charge < -0.3 is 10.3 Å². The lowest BCUT2D eigenvalue weighted by atomic mass is 10.1. The summed E-state index contributed by atoms with van der Waals surface area (Å²) in [6.07, 6.45) is 1.36. The van der Waals surface area contributed by atoms with Crippen LogP contribution in [0.5, 0.6) is 0 Å². The van der Waals surface area contributed by atoms with Gasteiger partial charge in [0.2, 0.25) is 0 Å². The maximum Gasteiger partial charge on any atom is 0.296 e. The Kier molecular flexibility index (Phi) is 3.61. The summed E-state index contributed by atoms with van der Waals surface area (Å²) >= 11 is 0. The number of nitrogens with zero attached hydrogens (tertiary/aromatic N) is 1. The molecule has 1 amide bonds. The van der Waals surface area contributed by atoms with Crippen molar-refractivity contribution >= 4 is 28.3 Å². The van der Waals surface area contributed by atoms with Crippen molar-refractivity contribution in [2.75, 3.05) is 5.32 Å². The van der Waals surface area contributed by atoms with Crippen molar-refractivity contribution in [1.82, 2.24) is 4.98 Å². The first-order chi connectivity index (χ1) is 11.1. The maximum absolute atomic E-state index is 13.3. The van der Waals surface area contributed by atoms with Gasteiger partial charge >= 0.3 is 0 Å². The van der Waals surface area contributed by atoms with Crippen molar-refractivity contribution in [3.05, 3.63) is 65.6 Å². The molecule has 0 radical (unpaired) electrons. The van der Waals surface area contributed by atoms with Crippen LogP contribution < -0.4 is 5.32 Å². The summed E-state index contributed by atoms with van der Waals surface area (Å²) in [5, 5.41) is 11.7. The zero-order valence-electron chi connectivity index (χ0n) is 11.8. The molecule has 1 aromatic heterocycles. The van der Waals surface area contributed by atoms with Crippen LogP contribution in [-0.4, -0.2) is 16.7 Å². The second-order valence-corrected chi connectivity index (χ2v) is 4.83. The smallest absolute Gasteiger partial charge is 0.296 e. The number of aromatic nitrogens is 1. The number of rotatable bonds is 3. The van der Waals surface area contributed by atoms with Crippen molar-refractivity contribution in [2.45, 2.75) is 0 Å². The SMILES string of the molecule is N#Cc1ccccc1NC(=O)C(=O)c1c[nH]c2ccc(F)cc12. The normalized spacial score (nSPS) is 10.3. The van der Waals surface area contributed by atoms with E-state index in [1.807, 2.05) is 6.07 Å². The molecular weight excluding hydrogens is 297 g/mol. The summed E-state index contributed by atoms with van der Waals surface area (Å²) in [7, 11) is 0. The van der Waals surface area contributed by atoms with Crippen LogP contribution in [0, 0.1) is 17.1 Å². The quantitative estimate of drug-likeness (QED) is 0.576. The fraction of sp³-hybridized carbons (Fsp3) is 0. The lowest BCUT2D eigenvalue weighted by molar-refractivity contribution is -0.112. The highest BCUT2D eigenvalue weighted by molar-refractivity contribution is 6.48. The Labute approximate surface area is 130 Å². The number of anilines is 1. The molecule has 0 fully saturated rings. The molecule has 112 valence electrons. The molecule has 0 atom stereocenters. The van der Waals surface area contributed by atoms with Gasteiger partial charge in [-0.05, 0) is 30.3 Å². The van der Waals surface area contributed by atoms with Crippen LogP contribution in [0.2, 0.25) is 0 Å². The summed E-state index contributed by atoms with van der Waals surface area (Å²) in [6.45, 7) is 0. The Bertz CT molecular complexity index is 969. The number of halogens is 1. The van der Waals surface area contributed by atoms with Crippen molar-refractivity contribution < 1.29 is 14.0 Å². The second kappa shape index (κ2) is 5.73. The number of amides is 1. The summed E-state index contributed by atoms with van der Waals surface area (Å²) in [6, 6.07) is 12.2. The van der Waals surface area contributed by atoms with Crippen LogP contribution in [0.3, 0.4) is 0 Å². The molecule has 5 nitrogen and oxygen atoms in total. The predicted molar refractivity (Wildman–Crippen MR) is 82.4 cm³/mol. The molecule has 0 aliphatic carbocycles. The molecule has 0 saturated carbocycles. The molecule has 2 N–H and O–H groups in total. The van der Waals surface area contributed by atoms with Gasteiger partial charge in [-0.15, -0.1) is 0 Å². The molecule has 23 heavy (non-hydrogen) atoms. The van der Waals surface area contributed by atoms with Crippen LogP contribution >= 0.6 is 0 Å². The summed E-state index contributed by atoms with van der Waals surface area (Å²) < 4.78 is 13.3. The Morgan fingerprint density at radius 3 is 2.74 bits per heavy atom. The molecule has 3 aromatic rings. The molecule has 0 aliphatic heterocycles. The third-order valence-corrected chi connectivity index (χ3v) is 3.39. The minimum absolute atomic E-state index is 0.0754. The number of aromatic amines is 1. The Morgan fingerprint density at radius 1 is 1.17 bits per heavy atom. The van der Waals surface area contributed by atoms with Gasteiger partial charge in [0.05, 0.1) is 16.8 Å². The molecule has 1 heterocycles. The van der Waals surface area contributed by atoms with E-state index < -0.39 is 17.5 Å². The first-order valence-electron chi connectivity index (χ1n) is 6.71. The minimum atomic E-state index is -0.891. The van der Waals surface area contributed by atoms with E-state index in [0.29, 0.717) is 10.9 Å². The summed E-state index contributed by atoms with van der Waals surface area (Å²) in [5.41, 5.74) is 1.13. The number of para-hydroxylation sites is 1. The lowest BCUT2D eigenvalue weighted by Crippen LogP contribution is -2.23. The number of Topliss-reactive ketones (excluding diaryl/α,β-unsaturated/α-hetero) is 1. The Balaban J connectivity index is 1.92. The Morgan fingerprint density at radius 2 is 1.96 bits per heavy atom. The van der Waals surface area contributed by atoms with Crippen LogP contribution in [0.25, 0.3) is 10.9 Å². The number of hydrogen-bond donors (Lipinski definition) is 2. The minimum Gasteiger partial charge on any atom is -0.360 e. The van der Waals surface area contributed by atoms with Crippen molar-refractivity contribution in [3.63, 3.8) is 0 Å². The van der Waals surface area contributed by atoms with Gasteiger partial charge in [-0.25, -0.2) is 4.39 Å². The third-order valence-electron chi connectivity index (χ3n) is 3.39. The van der Waals surface area contributed by atoms with E-state index in [4.69, 9.17) is 5.26 Å². The zero-order chi connectivity index (χ0) is 16.4. The van der Waals surface area contributed by atoms with Gasteiger partial charge in [-0.1, -0.05) is 12.1 Å². The molecule has 0 unspecified atom stereocenters. The van der Waals surface area contributed by atoms with E-state index in [-0.39, 0.29) is 16.8 Å². The molecule has 6 heteroatoms. The van der Waals surface area contributed by atoms with E-state index in [2.05, 4.69) is 10.3 Å². The average molecular weight is 307 g/mol. The van der Waals surface area contributed by atoms with Crippen LogP contribution in [-0.2, 0) is 4.79 Å². The second-order valence-electron chi connectivity index (χ2n) is 4.83. The van der Waals surface area contributed by atoms with E-state index in [1.54, 1.807) is 12.1 Å². The summed E-state index contributed by atoms with van der Waals surface area (Å²) in [5.74, 6) is -2.20. The largest absolute Gasteiger partial charge is 0.360 e. The van der Waals surface area contributed by atoms with Gasteiger partial charge in [-0.3, -0.25) is 9.59 Å². The number of H-pyrrole nitrogens is 1. The number of fused-ring (bicyclic) bond motifs is 1. The highest BCUT2D eigenvalue weighted by atomic mass is 19.1. The molecule has 0 bridgehead atoms. The number of ketones is 1. The third kappa shape index (κ3) is 2.68. The number of nitrogens with one attached hydrogen (secondary N) is 2.